The van der Waals surface area contributed by atoms with Gasteiger partial charge in [0.05, 0.1) is 10.7 Å². The molecule has 2 heterocycles. The molecule has 1 aromatic heterocycles. The van der Waals surface area contributed by atoms with Crippen molar-refractivity contribution in [2.75, 3.05) is 29.5 Å². The Kier molecular flexibility index (Phi) is 5.31. The lowest BCUT2D eigenvalue weighted by molar-refractivity contribution is 0.805. The number of hydrogen-bond donors (Lipinski definition) is 1. The fourth-order valence-corrected chi connectivity index (χ4v) is 4.04. The van der Waals surface area contributed by atoms with E-state index < -0.39 is 0 Å². The van der Waals surface area contributed by atoms with E-state index in [2.05, 4.69) is 9.88 Å². The van der Waals surface area contributed by atoms with E-state index in [1.807, 2.05) is 30.8 Å². The van der Waals surface area contributed by atoms with Gasteiger partial charge < -0.3 is 10.6 Å². The first-order valence-corrected chi connectivity index (χ1v) is 9.37. The monoisotopic (exact) mass is 368 g/mol. The molecule has 3 rings (SSSR count). The molecule has 0 aliphatic carbocycles. The number of hydrogen-bond acceptors (Lipinski definition) is 5. The van der Waals surface area contributed by atoms with E-state index in [0.29, 0.717) is 16.6 Å². The summed E-state index contributed by atoms with van der Waals surface area (Å²) in [7, 11) is 0. The van der Waals surface area contributed by atoms with Gasteiger partial charge in [-0.1, -0.05) is 23.2 Å². The molecular weight excluding hydrogens is 351 g/mol. The van der Waals surface area contributed by atoms with Crippen molar-refractivity contribution >= 4 is 40.9 Å². The van der Waals surface area contributed by atoms with Crippen LogP contribution in [-0.4, -0.2) is 34.6 Å². The SMILES string of the molecule is Cc1nc(N2CCSCC2)nc(-c2ccc(Cl)cc2Cl)c1CN. The van der Waals surface area contributed by atoms with Gasteiger partial charge in [0, 0.05) is 53.0 Å². The van der Waals surface area contributed by atoms with Crippen LogP contribution in [0.1, 0.15) is 11.3 Å². The number of benzene rings is 1. The van der Waals surface area contributed by atoms with Crippen LogP contribution in [0.25, 0.3) is 11.3 Å². The molecule has 7 heteroatoms. The molecule has 2 aromatic rings. The molecular formula is C16H18Cl2N4S. The van der Waals surface area contributed by atoms with Gasteiger partial charge in [-0.2, -0.15) is 11.8 Å². The predicted molar refractivity (Wildman–Crippen MR) is 99.7 cm³/mol. The van der Waals surface area contributed by atoms with Crippen LogP contribution in [-0.2, 0) is 6.54 Å². The van der Waals surface area contributed by atoms with Gasteiger partial charge >= 0.3 is 0 Å². The summed E-state index contributed by atoms with van der Waals surface area (Å²) < 4.78 is 0. The van der Waals surface area contributed by atoms with E-state index in [4.69, 9.17) is 33.9 Å². The van der Waals surface area contributed by atoms with Crippen molar-refractivity contribution in [3.8, 4) is 11.3 Å². The quantitative estimate of drug-likeness (QED) is 0.893. The Morgan fingerprint density at radius 2 is 1.96 bits per heavy atom. The minimum absolute atomic E-state index is 0.371. The van der Waals surface area contributed by atoms with Crippen molar-refractivity contribution in [1.82, 2.24) is 9.97 Å². The summed E-state index contributed by atoms with van der Waals surface area (Å²) in [6.45, 7) is 4.26. The van der Waals surface area contributed by atoms with Crippen molar-refractivity contribution in [1.29, 1.82) is 0 Å². The second-order valence-electron chi connectivity index (χ2n) is 5.36. The predicted octanol–water partition coefficient (Wildman–Crippen LogP) is 3.77. The molecule has 0 amide bonds. The number of anilines is 1. The summed E-state index contributed by atoms with van der Waals surface area (Å²) in [4.78, 5) is 11.7. The Morgan fingerprint density at radius 3 is 2.61 bits per heavy atom. The van der Waals surface area contributed by atoms with Crippen molar-refractivity contribution in [3.63, 3.8) is 0 Å². The fraction of sp³-hybridized carbons (Fsp3) is 0.375. The van der Waals surface area contributed by atoms with Gasteiger partial charge in [0.1, 0.15) is 0 Å². The summed E-state index contributed by atoms with van der Waals surface area (Å²) in [6, 6.07) is 5.44. The Bertz CT molecular complexity index is 717. The lowest BCUT2D eigenvalue weighted by Gasteiger charge is -2.27. The first-order chi connectivity index (χ1) is 11.1. The lowest BCUT2D eigenvalue weighted by atomic mass is 10.0. The molecule has 1 aliphatic heterocycles. The van der Waals surface area contributed by atoms with Crippen LogP contribution in [0.5, 0.6) is 0 Å². The summed E-state index contributed by atoms with van der Waals surface area (Å²) in [5.74, 6) is 2.94. The molecule has 0 radical (unpaired) electrons. The zero-order chi connectivity index (χ0) is 16.4. The normalized spacial score (nSPS) is 15.0. The van der Waals surface area contributed by atoms with E-state index in [1.165, 1.54) is 0 Å². The van der Waals surface area contributed by atoms with Crippen LogP contribution in [0.4, 0.5) is 5.95 Å². The van der Waals surface area contributed by atoms with Crippen molar-refractivity contribution in [2.45, 2.75) is 13.5 Å². The average Bonchev–Trinajstić information content (AvgIpc) is 2.55. The third-order valence-electron chi connectivity index (χ3n) is 3.89. The van der Waals surface area contributed by atoms with Gasteiger partial charge in [0.25, 0.3) is 0 Å². The first-order valence-electron chi connectivity index (χ1n) is 7.46. The van der Waals surface area contributed by atoms with Crippen LogP contribution in [0.15, 0.2) is 18.2 Å². The van der Waals surface area contributed by atoms with Gasteiger partial charge in [-0.3, -0.25) is 0 Å². The minimum Gasteiger partial charge on any atom is -0.339 e. The Morgan fingerprint density at radius 1 is 1.22 bits per heavy atom. The maximum Gasteiger partial charge on any atom is 0.226 e. The maximum absolute atomic E-state index is 6.38. The molecule has 122 valence electrons. The van der Waals surface area contributed by atoms with Crippen molar-refractivity contribution < 1.29 is 0 Å². The summed E-state index contributed by atoms with van der Waals surface area (Å²) in [6.07, 6.45) is 0. The molecule has 0 unspecified atom stereocenters. The van der Waals surface area contributed by atoms with Gasteiger partial charge in [-0.25, -0.2) is 9.97 Å². The largest absolute Gasteiger partial charge is 0.339 e. The number of thioether (sulfide) groups is 1. The van der Waals surface area contributed by atoms with Gasteiger partial charge in [0.2, 0.25) is 5.95 Å². The highest BCUT2D eigenvalue weighted by molar-refractivity contribution is 7.99. The van der Waals surface area contributed by atoms with E-state index in [-0.39, 0.29) is 0 Å². The van der Waals surface area contributed by atoms with E-state index in [0.717, 1.165) is 53.1 Å². The van der Waals surface area contributed by atoms with Crippen LogP contribution < -0.4 is 10.6 Å². The van der Waals surface area contributed by atoms with E-state index in [9.17, 15) is 0 Å². The van der Waals surface area contributed by atoms with Crippen molar-refractivity contribution in [3.05, 3.63) is 39.5 Å². The molecule has 1 fully saturated rings. The Balaban J connectivity index is 2.11. The standard InChI is InChI=1S/C16H18Cl2N4S/c1-10-13(9-19)15(12-3-2-11(17)8-14(12)18)21-16(20-10)22-4-6-23-7-5-22/h2-3,8H,4-7,9,19H2,1H3. The smallest absolute Gasteiger partial charge is 0.226 e. The van der Waals surface area contributed by atoms with Gasteiger partial charge in [0.15, 0.2) is 0 Å². The molecule has 0 bridgehead atoms. The molecule has 0 saturated carbocycles. The first kappa shape index (κ1) is 16.8. The minimum atomic E-state index is 0.371. The maximum atomic E-state index is 6.38. The van der Waals surface area contributed by atoms with Crippen molar-refractivity contribution in [2.24, 2.45) is 5.73 Å². The number of aromatic nitrogens is 2. The summed E-state index contributed by atoms with van der Waals surface area (Å²) in [5, 5.41) is 1.18. The highest BCUT2D eigenvalue weighted by Gasteiger charge is 2.19. The van der Waals surface area contributed by atoms with Gasteiger partial charge in [-0.15, -0.1) is 0 Å². The highest BCUT2D eigenvalue weighted by atomic mass is 35.5. The average molecular weight is 369 g/mol. The second kappa shape index (κ2) is 7.26. The molecule has 4 nitrogen and oxygen atoms in total. The lowest BCUT2D eigenvalue weighted by Crippen LogP contribution is -2.34. The summed E-state index contributed by atoms with van der Waals surface area (Å²) in [5.41, 5.74) is 9.39. The van der Waals surface area contributed by atoms with Crippen LogP contribution in [0.3, 0.4) is 0 Å². The molecule has 0 spiro atoms. The second-order valence-corrected chi connectivity index (χ2v) is 7.43. The van der Waals surface area contributed by atoms with Crippen LogP contribution >= 0.6 is 35.0 Å². The van der Waals surface area contributed by atoms with E-state index >= 15 is 0 Å². The molecule has 2 N–H and O–H groups in total. The number of rotatable bonds is 3. The molecule has 0 atom stereocenters. The molecule has 23 heavy (non-hydrogen) atoms. The highest BCUT2D eigenvalue weighted by Crippen LogP contribution is 2.33. The third-order valence-corrected chi connectivity index (χ3v) is 5.38. The third kappa shape index (κ3) is 3.58. The van der Waals surface area contributed by atoms with Crippen LogP contribution in [0, 0.1) is 6.92 Å². The van der Waals surface area contributed by atoms with Crippen LogP contribution in [0.2, 0.25) is 10.0 Å². The molecule has 1 aliphatic rings. The number of halogens is 2. The van der Waals surface area contributed by atoms with Gasteiger partial charge in [-0.05, 0) is 25.1 Å². The number of nitrogens with two attached hydrogens (primary N) is 1. The fourth-order valence-electron chi connectivity index (χ4n) is 2.63. The summed E-state index contributed by atoms with van der Waals surface area (Å²) >= 11 is 14.3. The Labute approximate surface area is 150 Å². The van der Waals surface area contributed by atoms with E-state index in [1.54, 1.807) is 6.07 Å². The molecule has 1 aromatic carbocycles. The number of aryl methyl sites for hydroxylation is 1. The zero-order valence-electron chi connectivity index (χ0n) is 12.9. The number of nitrogens with zero attached hydrogens (tertiary/aromatic N) is 3. The zero-order valence-corrected chi connectivity index (χ0v) is 15.2. The molecule has 1 saturated heterocycles. The Hall–Kier alpha value is -1.01. The topological polar surface area (TPSA) is 55.0 Å².